The third-order valence-corrected chi connectivity index (χ3v) is 5.53. The van der Waals surface area contributed by atoms with E-state index in [2.05, 4.69) is 20.3 Å². The van der Waals surface area contributed by atoms with Crippen LogP contribution in [0.1, 0.15) is 19.8 Å². The molecule has 0 radical (unpaired) electrons. The van der Waals surface area contributed by atoms with E-state index in [9.17, 15) is 8.42 Å². The normalized spacial score (nSPS) is 13.5. The molecule has 7 nitrogen and oxygen atoms in total. The van der Waals surface area contributed by atoms with Gasteiger partial charge in [-0.2, -0.15) is 0 Å². The van der Waals surface area contributed by atoms with E-state index >= 15 is 0 Å². The highest BCUT2D eigenvalue weighted by atomic mass is 32.2. The first-order valence-corrected chi connectivity index (χ1v) is 10.8. The molecular weight excluding hydrogens is 396 g/mol. The lowest BCUT2D eigenvalue weighted by molar-refractivity contribution is 0.340. The number of nitrogens with one attached hydrogen (secondary N) is 3. The monoisotopic (exact) mass is 418 g/mol. The van der Waals surface area contributed by atoms with Crippen LogP contribution in [0, 0.1) is 0 Å². The van der Waals surface area contributed by atoms with Gasteiger partial charge in [0, 0.05) is 24.3 Å². The maximum absolute atomic E-state index is 12.5. The van der Waals surface area contributed by atoms with Gasteiger partial charge in [-0.3, -0.25) is 9.71 Å². The highest BCUT2D eigenvalue weighted by molar-refractivity contribution is 7.90. The summed E-state index contributed by atoms with van der Waals surface area (Å²) in [5, 5.41) is 6.41. The van der Waals surface area contributed by atoms with E-state index in [-0.39, 0.29) is 4.90 Å². The molecule has 3 rings (SSSR count). The Balaban J connectivity index is 1.64. The number of thiocarbonyl (C=S) groups is 1. The van der Waals surface area contributed by atoms with E-state index in [0.717, 1.165) is 17.9 Å². The summed E-state index contributed by atoms with van der Waals surface area (Å²) < 4.78 is 33.0. The molecule has 0 fully saturated rings. The zero-order valence-electron chi connectivity index (χ0n) is 15.4. The quantitative estimate of drug-likeness (QED) is 0.623. The van der Waals surface area contributed by atoms with Crippen LogP contribution in [0.2, 0.25) is 0 Å². The molecule has 9 heteroatoms. The molecule has 1 aliphatic rings. The van der Waals surface area contributed by atoms with Crippen molar-refractivity contribution >= 4 is 44.6 Å². The highest BCUT2D eigenvalue weighted by Gasteiger charge is 2.18. The number of rotatable bonds is 6. The number of benzene rings is 2. The zero-order chi connectivity index (χ0) is 20.0. The largest absolute Gasteiger partial charge is 0.494 e. The van der Waals surface area contributed by atoms with Crippen molar-refractivity contribution in [3.05, 3.63) is 48.5 Å². The van der Waals surface area contributed by atoms with Gasteiger partial charge in [-0.25, -0.2) is 8.42 Å². The molecule has 0 spiro atoms. The van der Waals surface area contributed by atoms with Crippen LogP contribution in [-0.4, -0.2) is 32.5 Å². The summed E-state index contributed by atoms with van der Waals surface area (Å²) in [6.45, 7) is 3.19. The van der Waals surface area contributed by atoms with Crippen molar-refractivity contribution < 1.29 is 13.2 Å². The standard InChI is InChI=1S/C19H22N4O3S2/c1-2-26-16-10-8-14(9-11-16)21-19(27)22-15-5-3-6-17(13-15)28(24,25)23-18-7-4-12-20-18/h3,5-6,8-11,13H,2,4,7,12H2,1H3,(H,20,23)(H2,21,22,27). The number of anilines is 2. The molecule has 0 unspecified atom stereocenters. The minimum absolute atomic E-state index is 0.149. The third-order valence-electron chi connectivity index (χ3n) is 3.95. The van der Waals surface area contributed by atoms with Gasteiger partial charge in [0.15, 0.2) is 5.11 Å². The Bertz CT molecular complexity index is 973. The van der Waals surface area contributed by atoms with Gasteiger partial charge in [0.05, 0.1) is 11.5 Å². The Morgan fingerprint density at radius 3 is 2.57 bits per heavy atom. The number of amidine groups is 1. The molecule has 0 saturated heterocycles. The summed E-state index contributed by atoms with van der Waals surface area (Å²) in [6.07, 6.45) is 1.51. The van der Waals surface area contributed by atoms with Crippen LogP contribution in [-0.2, 0) is 10.0 Å². The van der Waals surface area contributed by atoms with Crippen LogP contribution in [0.5, 0.6) is 5.75 Å². The second kappa shape index (κ2) is 9.03. The molecular formula is C19H22N4O3S2. The zero-order valence-corrected chi connectivity index (χ0v) is 17.1. The molecule has 148 valence electrons. The van der Waals surface area contributed by atoms with Crippen LogP contribution in [0.4, 0.5) is 11.4 Å². The van der Waals surface area contributed by atoms with Gasteiger partial charge in [-0.1, -0.05) is 6.07 Å². The first kappa shape index (κ1) is 20.1. The minimum Gasteiger partial charge on any atom is -0.494 e. The summed E-state index contributed by atoms with van der Waals surface area (Å²) in [7, 11) is -3.67. The SMILES string of the molecule is CCOc1ccc(NC(=S)Nc2cccc(S(=O)(=O)NC3=NCCC3)c2)cc1. The Morgan fingerprint density at radius 2 is 1.89 bits per heavy atom. The van der Waals surface area contributed by atoms with Gasteiger partial charge < -0.3 is 15.4 Å². The van der Waals surface area contributed by atoms with Crippen molar-refractivity contribution in [3.8, 4) is 5.75 Å². The predicted molar refractivity (Wildman–Crippen MR) is 116 cm³/mol. The molecule has 1 aliphatic heterocycles. The fraction of sp³-hybridized carbons (Fsp3) is 0.263. The molecule has 28 heavy (non-hydrogen) atoms. The van der Waals surface area contributed by atoms with Crippen molar-refractivity contribution in [1.82, 2.24) is 4.72 Å². The summed E-state index contributed by atoms with van der Waals surface area (Å²) in [5.41, 5.74) is 1.37. The fourth-order valence-electron chi connectivity index (χ4n) is 2.67. The van der Waals surface area contributed by atoms with Crippen molar-refractivity contribution in [2.45, 2.75) is 24.7 Å². The molecule has 0 bridgehead atoms. The number of hydrogen-bond donors (Lipinski definition) is 3. The Labute approximate surface area is 170 Å². The maximum atomic E-state index is 12.5. The summed E-state index contributed by atoms with van der Waals surface area (Å²) in [5.74, 6) is 1.29. The predicted octanol–water partition coefficient (Wildman–Crippen LogP) is 3.36. The average molecular weight is 419 g/mol. The van der Waals surface area contributed by atoms with Gasteiger partial charge in [0.2, 0.25) is 0 Å². The topological polar surface area (TPSA) is 91.8 Å². The molecule has 2 aromatic rings. The maximum Gasteiger partial charge on any atom is 0.262 e. The van der Waals surface area contributed by atoms with E-state index in [1.807, 2.05) is 31.2 Å². The van der Waals surface area contributed by atoms with Crippen molar-refractivity contribution in [1.29, 1.82) is 0 Å². The molecule has 1 heterocycles. The number of nitrogens with zero attached hydrogens (tertiary/aromatic N) is 1. The Hall–Kier alpha value is -2.65. The third kappa shape index (κ3) is 5.43. The lowest BCUT2D eigenvalue weighted by Gasteiger charge is -2.13. The number of aliphatic imine (C=N–C) groups is 1. The molecule has 0 amide bonds. The molecule has 0 saturated carbocycles. The van der Waals surface area contributed by atoms with Crippen molar-refractivity contribution in [2.24, 2.45) is 4.99 Å². The highest BCUT2D eigenvalue weighted by Crippen LogP contribution is 2.18. The van der Waals surface area contributed by atoms with Crippen LogP contribution < -0.4 is 20.1 Å². The second-order valence-corrected chi connectivity index (χ2v) is 8.19. The first-order valence-electron chi connectivity index (χ1n) is 8.93. The van der Waals surface area contributed by atoms with Crippen LogP contribution in [0.25, 0.3) is 0 Å². The van der Waals surface area contributed by atoms with E-state index in [0.29, 0.717) is 36.2 Å². The number of hydrogen-bond acceptors (Lipinski definition) is 5. The van der Waals surface area contributed by atoms with Crippen molar-refractivity contribution in [2.75, 3.05) is 23.8 Å². The minimum atomic E-state index is -3.67. The summed E-state index contributed by atoms with van der Waals surface area (Å²) in [6, 6.07) is 13.9. The van der Waals surface area contributed by atoms with Gasteiger partial charge in [0.1, 0.15) is 11.6 Å². The lowest BCUT2D eigenvalue weighted by atomic mass is 10.3. The average Bonchev–Trinajstić information content (AvgIpc) is 3.16. The Kier molecular flexibility index (Phi) is 6.48. The van der Waals surface area contributed by atoms with Gasteiger partial charge in [-0.05, 0) is 68.0 Å². The Morgan fingerprint density at radius 1 is 1.14 bits per heavy atom. The summed E-state index contributed by atoms with van der Waals surface area (Å²) >= 11 is 5.32. The lowest BCUT2D eigenvalue weighted by Crippen LogP contribution is -2.29. The number of sulfonamides is 1. The summed E-state index contributed by atoms with van der Waals surface area (Å²) in [4.78, 5) is 4.30. The molecule has 0 aliphatic carbocycles. The smallest absolute Gasteiger partial charge is 0.262 e. The van der Waals surface area contributed by atoms with Crippen LogP contribution in [0.15, 0.2) is 58.4 Å². The van der Waals surface area contributed by atoms with Gasteiger partial charge in [0.25, 0.3) is 10.0 Å². The first-order chi connectivity index (χ1) is 13.5. The van der Waals surface area contributed by atoms with Gasteiger partial charge in [-0.15, -0.1) is 0 Å². The van der Waals surface area contributed by atoms with Crippen molar-refractivity contribution in [3.63, 3.8) is 0 Å². The van der Waals surface area contributed by atoms with E-state index in [1.165, 1.54) is 12.1 Å². The fourth-order valence-corrected chi connectivity index (χ4v) is 4.04. The number of ether oxygens (including phenoxy) is 1. The van der Waals surface area contributed by atoms with E-state index < -0.39 is 10.0 Å². The molecule has 2 aromatic carbocycles. The molecule has 0 atom stereocenters. The second-order valence-electron chi connectivity index (χ2n) is 6.10. The van der Waals surface area contributed by atoms with Crippen LogP contribution >= 0.6 is 12.2 Å². The van der Waals surface area contributed by atoms with E-state index in [1.54, 1.807) is 12.1 Å². The molecule has 3 N–H and O–H groups in total. The van der Waals surface area contributed by atoms with E-state index in [4.69, 9.17) is 17.0 Å². The molecule has 0 aromatic heterocycles. The van der Waals surface area contributed by atoms with Crippen LogP contribution in [0.3, 0.4) is 0 Å². The van der Waals surface area contributed by atoms with Gasteiger partial charge >= 0.3 is 0 Å².